The van der Waals surface area contributed by atoms with Crippen LogP contribution in [0.3, 0.4) is 0 Å². The quantitative estimate of drug-likeness (QED) is 0.684. The van der Waals surface area contributed by atoms with Crippen molar-refractivity contribution in [2.24, 2.45) is 5.92 Å². The van der Waals surface area contributed by atoms with E-state index in [1.165, 1.54) is 12.1 Å². The number of carbonyl (C=O) groups excluding carboxylic acids is 1. The highest BCUT2D eigenvalue weighted by Crippen LogP contribution is 2.31. The van der Waals surface area contributed by atoms with Gasteiger partial charge in [-0.2, -0.15) is 5.10 Å². The van der Waals surface area contributed by atoms with E-state index in [0.29, 0.717) is 33.8 Å². The van der Waals surface area contributed by atoms with Gasteiger partial charge in [0.1, 0.15) is 0 Å². The van der Waals surface area contributed by atoms with E-state index in [2.05, 4.69) is 27.4 Å². The number of pyridine rings is 1. The van der Waals surface area contributed by atoms with Crippen molar-refractivity contribution in [3.8, 4) is 17.0 Å². The van der Waals surface area contributed by atoms with Crippen molar-refractivity contribution in [1.29, 1.82) is 0 Å². The second-order valence-electron chi connectivity index (χ2n) is 6.56. The normalized spacial score (nSPS) is 19.2. The number of rotatable bonds is 3. The summed E-state index contributed by atoms with van der Waals surface area (Å²) in [6.45, 7) is 3.91. The summed E-state index contributed by atoms with van der Waals surface area (Å²) in [6.07, 6.45) is 0.973. The number of fused-ring (bicyclic) bond motifs is 1. The fraction of sp³-hybridized carbons (Fsp3) is 0.278. The average Bonchev–Trinajstić information content (AvgIpc) is 3.14. The number of phenols is 1. The van der Waals surface area contributed by atoms with Gasteiger partial charge in [-0.25, -0.2) is 9.37 Å². The molecule has 0 spiro atoms. The third kappa shape index (κ3) is 2.71. The predicted octanol–water partition coefficient (Wildman–Crippen LogP) is 2.92. The Balaban J connectivity index is 1.83. The molecule has 3 aromatic rings. The van der Waals surface area contributed by atoms with Gasteiger partial charge in [0.2, 0.25) is 0 Å². The topological polar surface area (TPSA) is 90.9 Å². The van der Waals surface area contributed by atoms with Gasteiger partial charge in [-0.15, -0.1) is 0 Å². The van der Waals surface area contributed by atoms with E-state index >= 15 is 0 Å². The standard InChI is InChI=1S/C18H17FN4O2/c1-8-5-13(8)21-18(25)11-7-14(10-3-4-15(24)12(19)6-10)20-17-16(11)9(2)22-23-17/h3-4,6-8,13,24H,5H2,1-2H3,(H,21,25)(H,20,22,23). The minimum absolute atomic E-state index is 0.188. The molecule has 2 atom stereocenters. The zero-order valence-corrected chi connectivity index (χ0v) is 13.8. The van der Waals surface area contributed by atoms with Crippen molar-refractivity contribution < 1.29 is 14.3 Å². The minimum atomic E-state index is -0.740. The van der Waals surface area contributed by atoms with Crippen molar-refractivity contribution in [3.05, 3.63) is 41.3 Å². The lowest BCUT2D eigenvalue weighted by Crippen LogP contribution is -2.27. The number of aromatic amines is 1. The van der Waals surface area contributed by atoms with Crippen molar-refractivity contribution >= 4 is 16.9 Å². The molecule has 128 valence electrons. The first kappa shape index (κ1) is 15.6. The Kier molecular flexibility index (Phi) is 3.45. The number of aryl methyl sites for hydroxylation is 1. The van der Waals surface area contributed by atoms with Gasteiger partial charge < -0.3 is 10.4 Å². The predicted molar refractivity (Wildman–Crippen MR) is 90.7 cm³/mol. The molecule has 1 aliphatic rings. The summed E-state index contributed by atoms with van der Waals surface area (Å²) in [5, 5.41) is 20.0. The van der Waals surface area contributed by atoms with Gasteiger partial charge in [-0.3, -0.25) is 9.89 Å². The summed E-state index contributed by atoms with van der Waals surface area (Å²) in [5.74, 6) is -0.874. The number of aromatic hydroxyl groups is 1. The highest BCUT2D eigenvalue weighted by molar-refractivity contribution is 6.07. The molecule has 0 radical (unpaired) electrons. The summed E-state index contributed by atoms with van der Waals surface area (Å²) in [5.41, 5.74) is 2.50. The Labute approximate surface area is 143 Å². The molecular formula is C18H17FN4O2. The van der Waals surface area contributed by atoms with Crippen LogP contribution in [0.2, 0.25) is 0 Å². The van der Waals surface area contributed by atoms with Crippen molar-refractivity contribution in [3.63, 3.8) is 0 Å². The van der Waals surface area contributed by atoms with E-state index in [1.54, 1.807) is 12.1 Å². The molecule has 1 fully saturated rings. The maximum absolute atomic E-state index is 13.7. The van der Waals surface area contributed by atoms with Crippen LogP contribution in [0.4, 0.5) is 4.39 Å². The second-order valence-corrected chi connectivity index (χ2v) is 6.56. The number of H-pyrrole nitrogens is 1. The van der Waals surface area contributed by atoms with Crippen LogP contribution >= 0.6 is 0 Å². The van der Waals surface area contributed by atoms with Crippen LogP contribution in [0.15, 0.2) is 24.3 Å². The summed E-state index contributed by atoms with van der Waals surface area (Å²) in [6, 6.07) is 5.83. The fourth-order valence-corrected chi connectivity index (χ4v) is 2.94. The Morgan fingerprint density at radius 1 is 1.40 bits per heavy atom. The number of aromatic nitrogens is 3. The smallest absolute Gasteiger partial charge is 0.252 e. The van der Waals surface area contributed by atoms with E-state index < -0.39 is 11.6 Å². The number of halogens is 1. The molecule has 2 unspecified atom stereocenters. The number of nitrogens with one attached hydrogen (secondary N) is 2. The Morgan fingerprint density at radius 3 is 2.84 bits per heavy atom. The number of hydrogen-bond donors (Lipinski definition) is 3. The molecule has 1 saturated carbocycles. The Morgan fingerprint density at radius 2 is 2.16 bits per heavy atom. The van der Waals surface area contributed by atoms with E-state index in [4.69, 9.17) is 0 Å². The first-order chi connectivity index (χ1) is 11.9. The molecule has 4 rings (SSSR count). The van der Waals surface area contributed by atoms with Crippen LogP contribution < -0.4 is 5.32 Å². The first-order valence-corrected chi connectivity index (χ1v) is 8.09. The summed E-state index contributed by atoms with van der Waals surface area (Å²) >= 11 is 0. The monoisotopic (exact) mass is 340 g/mol. The third-order valence-corrected chi connectivity index (χ3v) is 4.62. The van der Waals surface area contributed by atoms with Crippen LogP contribution in [0.5, 0.6) is 5.75 Å². The SMILES string of the molecule is Cc1[nH]nc2nc(-c3ccc(O)c(F)c3)cc(C(=O)NC3CC3C)c12. The van der Waals surface area contributed by atoms with Gasteiger partial charge >= 0.3 is 0 Å². The molecule has 1 aromatic carbocycles. The van der Waals surface area contributed by atoms with E-state index in [1.807, 2.05) is 6.92 Å². The van der Waals surface area contributed by atoms with Crippen LogP contribution in [-0.4, -0.2) is 32.2 Å². The van der Waals surface area contributed by atoms with Crippen LogP contribution in [0, 0.1) is 18.7 Å². The van der Waals surface area contributed by atoms with Gasteiger partial charge in [0.15, 0.2) is 17.2 Å². The van der Waals surface area contributed by atoms with Crippen molar-refractivity contribution in [2.75, 3.05) is 0 Å². The molecule has 7 heteroatoms. The number of benzene rings is 1. The second kappa shape index (κ2) is 5.54. The summed E-state index contributed by atoms with van der Waals surface area (Å²) in [4.78, 5) is 17.1. The van der Waals surface area contributed by atoms with Crippen LogP contribution in [0.25, 0.3) is 22.3 Å². The number of phenolic OH excluding ortho intramolecular Hbond substituents is 1. The van der Waals surface area contributed by atoms with Gasteiger partial charge in [0.25, 0.3) is 5.91 Å². The van der Waals surface area contributed by atoms with E-state index in [9.17, 15) is 14.3 Å². The molecule has 6 nitrogen and oxygen atoms in total. The molecule has 0 saturated heterocycles. The Bertz CT molecular complexity index is 998. The zero-order chi connectivity index (χ0) is 17.7. The molecule has 2 aromatic heterocycles. The average molecular weight is 340 g/mol. The van der Waals surface area contributed by atoms with E-state index in [-0.39, 0.29) is 11.9 Å². The van der Waals surface area contributed by atoms with Gasteiger partial charge in [-0.1, -0.05) is 6.92 Å². The number of hydrogen-bond acceptors (Lipinski definition) is 4. The van der Waals surface area contributed by atoms with Crippen LogP contribution in [-0.2, 0) is 0 Å². The molecule has 0 aliphatic heterocycles. The molecule has 25 heavy (non-hydrogen) atoms. The number of nitrogens with zero attached hydrogens (tertiary/aromatic N) is 2. The lowest BCUT2D eigenvalue weighted by atomic mass is 10.0. The highest BCUT2D eigenvalue weighted by Gasteiger charge is 2.34. The van der Waals surface area contributed by atoms with Gasteiger partial charge in [0, 0.05) is 17.3 Å². The van der Waals surface area contributed by atoms with Crippen LogP contribution in [0.1, 0.15) is 29.4 Å². The summed E-state index contributed by atoms with van der Waals surface area (Å²) < 4.78 is 13.7. The van der Waals surface area contributed by atoms with Gasteiger partial charge in [-0.05, 0) is 43.5 Å². The van der Waals surface area contributed by atoms with E-state index in [0.717, 1.165) is 12.1 Å². The minimum Gasteiger partial charge on any atom is -0.505 e. The maximum atomic E-state index is 13.7. The lowest BCUT2D eigenvalue weighted by Gasteiger charge is -2.09. The number of carbonyl (C=O) groups is 1. The maximum Gasteiger partial charge on any atom is 0.252 e. The molecular weight excluding hydrogens is 323 g/mol. The zero-order valence-electron chi connectivity index (χ0n) is 13.8. The molecule has 1 amide bonds. The molecule has 1 aliphatic carbocycles. The van der Waals surface area contributed by atoms with Crippen molar-refractivity contribution in [1.82, 2.24) is 20.5 Å². The van der Waals surface area contributed by atoms with Gasteiger partial charge in [0.05, 0.1) is 16.6 Å². The first-order valence-electron chi connectivity index (χ1n) is 8.09. The number of amides is 1. The fourth-order valence-electron chi connectivity index (χ4n) is 2.94. The third-order valence-electron chi connectivity index (χ3n) is 4.62. The molecule has 3 N–H and O–H groups in total. The summed E-state index contributed by atoms with van der Waals surface area (Å²) in [7, 11) is 0. The molecule has 2 heterocycles. The highest BCUT2D eigenvalue weighted by atomic mass is 19.1. The molecule has 0 bridgehead atoms. The lowest BCUT2D eigenvalue weighted by molar-refractivity contribution is 0.0951. The Hall–Kier alpha value is -2.96. The van der Waals surface area contributed by atoms with Crippen molar-refractivity contribution in [2.45, 2.75) is 26.3 Å². The largest absolute Gasteiger partial charge is 0.505 e.